The molecule has 2 heterocycles. The third-order valence-electron chi connectivity index (χ3n) is 3.73. The molecule has 0 spiro atoms. The highest BCUT2D eigenvalue weighted by Gasteiger charge is 2.19. The number of thiophene rings is 1. The van der Waals surface area contributed by atoms with Gasteiger partial charge in [0, 0.05) is 39.2 Å². The van der Waals surface area contributed by atoms with Gasteiger partial charge in [0.25, 0.3) is 0 Å². The lowest BCUT2D eigenvalue weighted by Crippen LogP contribution is -2.42. The quantitative estimate of drug-likeness (QED) is 0.388. The molecule has 0 saturated carbocycles. The molecule has 1 aromatic rings. The third-order valence-corrected chi connectivity index (χ3v) is 6.92. The Labute approximate surface area is 158 Å². The molecule has 25 heavy (non-hydrogen) atoms. The Bertz CT molecular complexity index is 672. The monoisotopic (exact) mass is 408 g/mol. The Balaban J connectivity index is 1.85. The van der Waals surface area contributed by atoms with Gasteiger partial charge < -0.3 is 15.0 Å². The summed E-state index contributed by atoms with van der Waals surface area (Å²) in [5, 5.41) is 3.23. The molecule has 1 saturated heterocycles. The van der Waals surface area contributed by atoms with E-state index in [0.29, 0.717) is 16.8 Å². The Morgan fingerprint density at radius 2 is 2.32 bits per heavy atom. The highest BCUT2D eigenvalue weighted by Crippen LogP contribution is 2.25. The molecule has 1 aliphatic heterocycles. The van der Waals surface area contributed by atoms with E-state index in [1.165, 1.54) is 6.07 Å². The zero-order valence-corrected chi connectivity index (χ0v) is 16.9. The van der Waals surface area contributed by atoms with Crippen LogP contribution in [0, 0.1) is 5.92 Å². The van der Waals surface area contributed by atoms with Crippen LogP contribution in [-0.4, -0.2) is 65.7 Å². The van der Waals surface area contributed by atoms with Crippen molar-refractivity contribution in [3.63, 3.8) is 0 Å². The van der Waals surface area contributed by atoms with Gasteiger partial charge in [0.1, 0.15) is 4.21 Å². The first-order valence-electron chi connectivity index (χ1n) is 8.24. The van der Waals surface area contributed by atoms with Crippen LogP contribution in [0.1, 0.15) is 13.3 Å². The van der Waals surface area contributed by atoms with Gasteiger partial charge in [-0.15, -0.1) is 11.3 Å². The Morgan fingerprint density at radius 3 is 2.92 bits per heavy atom. The number of sulfonamides is 1. The SMILES string of the molecule is CCNC(=NCCNS(=O)(=O)c1ccc(Cl)s1)N(C)CC1CCOC1. The van der Waals surface area contributed by atoms with E-state index in [0.717, 1.165) is 50.0 Å². The molecular weight excluding hydrogens is 384 g/mol. The summed E-state index contributed by atoms with van der Waals surface area (Å²) in [4.78, 5) is 6.56. The van der Waals surface area contributed by atoms with Crippen LogP contribution in [0.15, 0.2) is 21.3 Å². The molecule has 1 atom stereocenters. The number of aliphatic imine (C=N–C) groups is 1. The first-order chi connectivity index (χ1) is 11.9. The minimum Gasteiger partial charge on any atom is -0.381 e. The molecular formula is C15H25ClN4O3S2. The van der Waals surface area contributed by atoms with Crippen molar-refractivity contribution in [2.24, 2.45) is 10.9 Å². The van der Waals surface area contributed by atoms with Crippen LogP contribution in [0.25, 0.3) is 0 Å². The number of nitrogens with zero attached hydrogens (tertiary/aromatic N) is 2. The number of hydrogen-bond acceptors (Lipinski definition) is 5. The molecule has 0 radical (unpaired) electrons. The fraction of sp³-hybridized carbons (Fsp3) is 0.667. The van der Waals surface area contributed by atoms with E-state index in [2.05, 4.69) is 19.9 Å². The normalized spacial score (nSPS) is 18.5. The number of halogens is 1. The number of rotatable bonds is 8. The van der Waals surface area contributed by atoms with Gasteiger partial charge in [0.05, 0.1) is 17.5 Å². The fourth-order valence-corrected chi connectivity index (χ4v) is 5.07. The second kappa shape index (κ2) is 9.72. The van der Waals surface area contributed by atoms with E-state index in [-0.39, 0.29) is 10.8 Å². The molecule has 1 unspecified atom stereocenters. The average molecular weight is 409 g/mol. The lowest BCUT2D eigenvalue weighted by atomic mass is 10.1. The van der Waals surface area contributed by atoms with Crippen LogP contribution < -0.4 is 10.0 Å². The van der Waals surface area contributed by atoms with E-state index < -0.39 is 10.0 Å². The lowest BCUT2D eigenvalue weighted by Gasteiger charge is -2.24. The minimum absolute atomic E-state index is 0.215. The zero-order chi connectivity index (χ0) is 18.3. The first kappa shape index (κ1) is 20.4. The molecule has 0 bridgehead atoms. The highest BCUT2D eigenvalue weighted by molar-refractivity contribution is 7.91. The maximum absolute atomic E-state index is 12.1. The molecule has 1 fully saturated rings. The van der Waals surface area contributed by atoms with E-state index in [1.54, 1.807) is 6.07 Å². The smallest absolute Gasteiger partial charge is 0.250 e. The molecule has 0 aromatic carbocycles. The number of nitrogens with one attached hydrogen (secondary N) is 2. The first-order valence-corrected chi connectivity index (χ1v) is 10.9. The third kappa shape index (κ3) is 6.41. The summed E-state index contributed by atoms with van der Waals surface area (Å²) in [5.41, 5.74) is 0. The predicted molar refractivity (Wildman–Crippen MR) is 102 cm³/mol. The second-order valence-electron chi connectivity index (χ2n) is 5.80. The molecule has 1 aromatic heterocycles. The number of guanidine groups is 1. The van der Waals surface area contributed by atoms with Crippen molar-refractivity contribution in [1.29, 1.82) is 0 Å². The van der Waals surface area contributed by atoms with E-state index >= 15 is 0 Å². The van der Waals surface area contributed by atoms with Crippen molar-refractivity contribution >= 4 is 38.9 Å². The van der Waals surface area contributed by atoms with Gasteiger partial charge in [-0.05, 0) is 25.5 Å². The van der Waals surface area contributed by atoms with Crippen molar-refractivity contribution < 1.29 is 13.2 Å². The Morgan fingerprint density at radius 1 is 1.52 bits per heavy atom. The second-order valence-corrected chi connectivity index (χ2v) is 9.51. The van der Waals surface area contributed by atoms with Crippen molar-refractivity contribution in [2.75, 3.05) is 46.4 Å². The summed E-state index contributed by atoms with van der Waals surface area (Å²) in [6.07, 6.45) is 1.06. The van der Waals surface area contributed by atoms with Crippen LogP contribution in [0.5, 0.6) is 0 Å². The predicted octanol–water partition coefficient (Wildman–Crippen LogP) is 1.61. The standard InChI is InChI=1S/C15H25ClN4O3S2/c1-3-17-15(20(2)10-12-6-9-23-11-12)18-7-8-19-25(21,22)14-5-4-13(16)24-14/h4-5,12,19H,3,6-11H2,1-2H3,(H,17,18). The Hall–Kier alpha value is -0.870. The van der Waals surface area contributed by atoms with E-state index in [9.17, 15) is 8.42 Å². The number of ether oxygens (including phenoxy) is 1. The maximum Gasteiger partial charge on any atom is 0.250 e. The van der Waals surface area contributed by atoms with Crippen molar-refractivity contribution in [1.82, 2.24) is 14.9 Å². The van der Waals surface area contributed by atoms with Gasteiger partial charge in [-0.25, -0.2) is 13.1 Å². The number of hydrogen-bond donors (Lipinski definition) is 2. The summed E-state index contributed by atoms with van der Waals surface area (Å²) < 4.78 is 32.9. The lowest BCUT2D eigenvalue weighted by molar-refractivity contribution is 0.181. The Kier molecular flexibility index (Phi) is 7.95. The molecule has 7 nitrogen and oxygen atoms in total. The summed E-state index contributed by atoms with van der Waals surface area (Å²) in [5.74, 6) is 1.28. The highest BCUT2D eigenvalue weighted by atomic mass is 35.5. The van der Waals surface area contributed by atoms with Crippen LogP contribution in [-0.2, 0) is 14.8 Å². The molecule has 1 aliphatic rings. The van der Waals surface area contributed by atoms with Crippen molar-refractivity contribution in [3.05, 3.63) is 16.5 Å². The van der Waals surface area contributed by atoms with Crippen molar-refractivity contribution in [3.8, 4) is 0 Å². The maximum atomic E-state index is 12.1. The zero-order valence-electron chi connectivity index (χ0n) is 14.5. The van der Waals surface area contributed by atoms with Crippen LogP contribution in [0.4, 0.5) is 0 Å². The molecule has 2 rings (SSSR count). The minimum atomic E-state index is -3.52. The molecule has 142 valence electrons. The van der Waals surface area contributed by atoms with Crippen LogP contribution in [0.3, 0.4) is 0 Å². The average Bonchev–Trinajstić information content (AvgIpc) is 3.22. The summed E-state index contributed by atoms with van der Waals surface area (Å²) in [6.45, 7) is 5.81. The molecule has 10 heteroatoms. The van der Waals surface area contributed by atoms with Gasteiger partial charge in [0.2, 0.25) is 10.0 Å². The van der Waals surface area contributed by atoms with Crippen molar-refractivity contribution in [2.45, 2.75) is 17.6 Å². The summed E-state index contributed by atoms with van der Waals surface area (Å²) >= 11 is 6.83. The van der Waals surface area contributed by atoms with Gasteiger partial charge in [0.15, 0.2) is 5.96 Å². The van der Waals surface area contributed by atoms with Crippen LogP contribution in [0.2, 0.25) is 4.34 Å². The van der Waals surface area contributed by atoms with E-state index in [4.69, 9.17) is 16.3 Å². The topological polar surface area (TPSA) is 83.0 Å². The molecule has 2 N–H and O–H groups in total. The van der Waals surface area contributed by atoms with Gasteiger partial charge in [-0.3, -0.25) is 4.99 Å². The van der Waals surface area contributed by atoms with Gasteiger partial charge >= 0.3 is 0 Å². The fourth-order valence-electron chi connectivity index (χ4n) is 2.53. The molecule has 0 aliphatic carbocycles. The summed E-state index contributed by atoms with van der Waals surface area (Å²) in [6, 6.07) is 3.07. The van der Waals surface area contributed by atoms with E-state index in [1.807, 2.05) is 14.0 Å². The van der Waals surface area contributed by atoms with Gasteiger partial charge in [-0.2, -0.15) is 0 Å². The molecule has 0 amide bonds. The largest absolute Gasteiger partial charge is 0.381 e. The summed E-state index contributed by atoms with van der Waals surface area (Å²) in [7, 11) is -1.54. The van der Waals surface area contributed by atoms with Crippen LogP contribution >= 0.6 is 22.9 Å². The van der Waals surface area contributed by atoms with Gasteiger partial charge in [-0.1, -0.05) is 11.6 Å².